The van der Waals surface area contributed by atoms with Crippen molar-refractivity contribution in [2.45, 2.75) is 19.9 Å². The third-order valence-electron chi connectivity index (χ3n) is 4.46. The highest BCUT2D eigenvalue weighted by Crippen LogP contribution is 2.32. The van der Waals surface area contributed by atoms with E-state index in [9.17, 15) is 4.79 Å². The number of hydrogen-bond acceptors (Lipinski definition) is 7. The molecule has 1 aromatic carbocycles. The molecule has 4 rings (SSSR count). The van der Waals surface area contributed by atoms with Crippen LogP contribution in [0.3, 0.4) is 0 Å². The van der Waals surface area contributed by atoms with Crippen molar-refractivity contribution in [2.24, 2.45) is 0 Å². The number of aromatic nitrogens is 2. The molecule has 3 heterocycles. The van der Waals surface area contributed by atoms with Crippen LogP contribution in [0.2, 0.25) is 0 Å². The van der Waals surface area contributed by atoms with Crippen molar-refractivity contribution in [3.63, 3.8) is 0 Å². The normalized spacial score (nSPS) is 15.7. The second-order valence-electron chi connectivity index (χ2n) is 6.54. The van der Waals surface area contributed by atoms with Crippen molar-refractivity contribution >= 4 is 11.9 Å². The molecule has 0 bridgehead atoms. The topological polar surface area (TPSA) is 85.8 Å². The van der Waals surface area contributed by atoms with E-state index in [1.54, 1.807) is 0 Å². The van der Waals surface area contributed by atoms with Crippen LogP contribution in [0.15, 0.2) is 24.3 Å². The predicted molar refractivity (Wildman–Crippen MR) is 97.9 cm³/mol. The van der Waals surface area contributed by atoms with E-state index in [1.807, 2.05) is 31.2 Å². The Bertz CT molecular complexity index is 836. The SMILES string of the molecule is Cc1cc(CNC(=O)Cc2ccc3c(c2)OCO3)nc(N2CCOCC2)n1. The lowest BCUT2D eigenvalue weighted by atomic mass is 10.1. The smallest absolute Gasteiger partial charge is 0.231 e. The van der Waals surface area contributed by atoms with E-state index in [0.29, 0.717) is 37.2 Å². The van der Waals surface area contributed by atoms with Crippen molar-refractivity contribution in [3.8, 4) is 11.5 Å². The lowest BCUT2D eigenvalue weighted by molar-refractivity contribution is -0.120. The summed E-state index contributed by atoms with van der Waals surface area (Å²) in [7, 11) is 0. The molecule has 2 aromatic rings. The first-order chi connectivity index (χ1) is 13.2. The summed E-state index contributed by atoms with van der Waals surface area (Å²) in [4.78, 5) is 23.5. The van der Waals surface area contributed by atoms with Crippen LogP contribution in [0.1, 0.15) is 17.0 Å². The fourth-order valence-corrected chi connectivity index (χ4v) is 3.10. The quantitative estimate of drug-likeness (QED) is 0.847. The Morgan fingerprint density at radius 3 is 2.81 bits per heavy atom. The number of amides is 1. The maximum absolute atomic E-state index is 12.3. The summed E-state index contributed by atoms with van der Waals surface area (Å²) in [5, 5.41) is 2.93. The van der Waals surface area contributed by atoms with Crippen LogP contribution in [0.25, 0.3) is 0 Å². The number of carbonyl (C=O) groups excluding carboxylic acids is 1. The summed E-state index contributed by atoms with van der Waals surface area (Å²) < 4.78 is 16.0. The zero-order valence-corrected chi connectivity index (χ0v) is 15.2. The van der Waals surface area contributed by atoms with Gasteiger partial charge in [-0.15, -0.1) is 0 Å². The number of hydrogen-bond donors (Lipinski definition) is 1. The van der Waals surface area contributed by atoms with Gasteiger partial charge < -0.3 is 24.4 Å². The molecular weight excluding hydrogens is 348 g/mol. The predicted octanol–water partition coefficient (Wildman–Crippen LogP) is 1.21. The number of nitrogens with one attached hydrogen (secondary N) is 1. The molecule has 8 nitrogen and oxygen atoms in total. The van der Waals surface area contributed by atoms with Crippen LogP contribution in [-0.4, -0.2) is 49.0 Å². The van der Waals surface area contributed by atoms with Gasteiger partial charge in [0.25, 0.3) is 0 Å². The van der Waals surface area contributed by atoms with Crippen molar-refractivity contribution in [3.05, 3.63) is 41.2 Å². The van der Waals surface area contributed by atoms with Gasteiger partial charge >= 0.3 is 0 Å². The van der Waals surface area contributed by atoms with Gasteiger partial charge in [0.2, 0.25) is 18.6 Å². The van der Waals surface area contributed by atoms with Gasteiger partial charge in [-0.3, -0.25) is 4.79 Å². The van der Waals surface area contributed by atoms with E-state index in [0.717, 1.165) is 30.0 Å². The highest BCUT2D eigenvalue weighted by Gasteiger charge is 2.16. The molecule has 142 valence electrons. The number of carbonyl (C=O) groups is 1. The Hall–Kier alpha value is -2.87. The second-order valence-corrected chi connectivity index (χ2v) is 6.54. The Kier molecular flexibility index (Phi) is 5.06. The van der Waals surface area contributed by atoms with Crippen LogP contribution >= 0.6 is 0 Å². The third kappa shape index (κ3) is 4.28. The van der Waals surface area contributed by atoms with Gasteiger partial charge in [0.15, 0.2) is 11.5 Å². The maximum Gasteiger partial charge on any atom is 0.231 e. The van der Waals surface area contributed by atoms with Crippen molar-refractivity contribution in [1.29, 1.82) is 0 Å². The van der Waals surface area contributed by atoms with Crippen molar-refractivity contribution in [1.82, 2.24) is 15.3 Å². The Morgan fingerprint density at radius 2 is 1.96 bits per heavy atom. The number of anilines is 1. The van der Waals surface area contributed by atoms with Crippen LogP contribution < -0.4 is 19.7 Å². The minimum absolute atomic E-state index is 0.0712. The molecule has 1 N–H and O–H groups in total. The molecule has 0 atom stereocenters. The lowest BCUT2D eigenvalue weighted by Crippen LogP contribution is -2.37. The summed E-state index contributed by atoms with van der Waals surface area (Å²) in [5.74, 6) is 2.02. The summed E-state index contributed by atoms with van der Waals surface area (Å²) in [6.45, 7) is 5.44. The molecule has 1 amide bonds. The highest BCUT2D eigenvalue weighted by molar-refractivity contribution is 5.78. The molecule has 1 saturated heterocycles. The number of nitrogens with zero attached hydrogens (tertiary/aromatic N) is 3. The Morgan fingerprint density at radius 1 is 1.15 bits per heavy atom. The minimum atomic E-state index is -0.0712. The molecule has 0 spiro atoms. The first-order valence-corrected chi connectivity index (χ1v) is 9.00. The van der Waals surface area contributed by atoms with Gasteiger partial charge in [-0.05, 0) is 30.7 Å². The van der Waals surface area contributed by atoms with Crippen LogP contribution in [0.4, 0.5) is 5.95 Å². The summed E-state index contributed by atoms with van der Waals surface area (Å²) in [6.07, 6.45) is 0.275. The van der Waals surface area contributed by atoms with Gasteiger partial charge in [0.05, 0.1) is 31.9 Å². The number of fused-ring (bicyclic) bond motifs is 1. The first-order valence-electron chi connectivity index (χ1n) is 9.00. The van der Waals surface area contributed by atoms with E-state index >= 15 is 0 Å². The second kappa shape index (κ2) is 7.79. The molecule has 27 heavy (non-hydrogen) atoms. The highest BCUT2D eigenvalue weighted by atomic mass is 16.7. The van der Waals surface area contributed by atoms with E-state index in [-0.39, 0.29) is 19.1 Å². The third-order valence-corrected chi connectivity index (χ3v) is 4.46. The molecule has 0 unspecified atom stereocenters. The van der Waals surface area contributed by atoms with E-state index in [2.05, 4.69) is 20.2 Å². The Labute approximate surface area is 157 Å². The van der Waals surface area contributed by atoms with Crippen molar-refractivity contribution < 1.29 is 19.0 Å². The first kappa shape index (κ1) is 17.5. The zero-order chi connectivity index (χ0) is 18.6. The van der Waals surface area contributed by atoms with Gasteiger partial charge in [-0.25, -0.2) is 9.97 Å². The summed E-state index contributed by atoms with van der Waals surface area (Å²) in [6, 6.07) is 7.43. The standard InChI is InChI=1S/C19H22N4O4/c1-13-8-15(22-19(21-13)23-4-6-25-7-5-23)11-20-18(24)10-14-2-3-16-17(9-14)27-12-26-16/h2-3,8-9H,4-7,10-12H2,1H3,(H,20,24). The monoisotopic (exact) mass is 370 g/mol. The average Bonchev–Trinajstić information content (AvgIpc) is 3.14. The average molecular weight is 370 g/mol. The number of benzene rings is 1. The number of morpholine rings is 1. The number of aryl methyl sites for hydroxylation is 1. The summed E-state index contributed by atoms with van der Waals surface area (Å²) >= 11 is 0. The molecular formula is C19H22N4O4. The molecule has 2 aliphatic rings. The Balaban J connectivity index is 1.36. The van der Waals surface area contributed by atoms with E-state index in [1.165, 1.54) is 0 Å². The molecule has 0 aliphatic carbocycles. The minimum Gasteiger partial charge on any atom is -0.454 e. The van der Waals surface area contributed by atoms with Gasteiger partial charge in [0.1, 0.15) is 0 Å². The molecule has 1 aromatic heterocycles. The van der Waals surface area contributed by atoms with Crippen LogP contribution in [0.5, 0.6) is 11.5 Å². The largest absolute Gasteiger partial charge is 0.454 e. The molecule has 8 heteroatoms. The number of ether oxygens (including phenoxy) is 3. The molecule has 0 saturated carbocycles. The maximum atomic E-state index is 12.3. The van der Waals surface area contributed by atoms with Crippen molar-refractivity contribution in [2.75, 3.05) is 38.0 Å². The molecule has 0 radical (unpaired) electrons. The lowest BCUT2D eigenvalue weighted by Gasteiger charge is -2.27. The van der Waals surface area contributed by atoms with Gasteiger partial charge in [-0.1, -0.05) is 6.07 Å². The molecule has 1 fully saturated rings. The fraction of sp³-hybridized carbons (Fsp3) is 0.421. The van der Waals surface area contributed by atoms with Gasteiger partial charge in [0, 0.05) is 18.8 Å². The van der Waals surface area contributed by atoms with E-state index < -0.39 is 0 Å². The zero-order valence-electron chi connectivity index (χ0n) is 15.2. The number of rotatable bonds is 5. The summed E-state index contributed by atoms with van der Waals surface area (Å²) in [5.41, 5.74) is 2.55. The van der Waals surface area contributed by atoms with Crippen LogP contribution in [0, 0.1) is 6.92 Å². The van der Waals surface area contributed by atoms with Crippen LogP contribution in [-0.2, 0) is 22.5 Å². The van der Waals surface area contributed by atoms with Gasteiger partial charge in [-0.2, -0.15) is 0 Å². The fourth-order valence-electron chi connectivity index (χ4n) is 3.10. The molecule has 2 aliphatic heterocycles. The van der Waals surface area contributed by atoms with E-state index in [4.69, 9.17) is 14.2 Å².